The number of alkyl halides is 1. The van der Waals surface area contributed by atoms with Gasteiger partial charge in [0.25, 0.3) is 0 Å². The van der Waals surface area contributed by atoms with Gasteiger partial charge in [0.1, 0.15) is 5.75 Å². The van der Waals surface area contributed by atoms with E-state index in [-0.39, 0.29) is 5.38 Å². The average Bonchev–Trinajstić information content (AvgIpc) is 3.01. The van der Waals surface area contributed by atoms with Crippen LogP contribution in [0.1, 0.15) is 44.6 Å². The molecule has 0 amide bonds. The summed E-state index contributed by atoms with van der Waals surface area (Å²) in [5.41, 5.74) is 1.34. The number of hydrogen-bond donors (Lipinski definition) is 0. The topological polar surface area (TPSA) is 9.23 Å². The first-order valence-corrected chi connectivity index (χ1v) is 6.49. The van der Waals surface area contributed by atoms with Crippen LogP contribution in [0.5, 0.6) is 5.75 Å². The van der Waals surface area contributed by atoms with Crippen molar-refractivity contribution in [2.24, 2.45) is 0 Å². The summed E-state index contributed by atoms with van der Waals surface area (Å²) in [6.07, 6.45) is 3.92. The van der Waals surface area contributed by atoms with Crippen LogP contribution in [0, 0.1) is 0 Å². The number of rotatable bonds is 5. The average molecular weight is 239 g/mol. The van der Waals surface area contributed by atoms with E-state index in [1.54, 1.807) is 0 Å². The maximum atomic E-state index is 6.01. The van der Waals surface area contributed by atoms with Crippen LogP contribution >= 0.6 is 11.6 Å². The Morgan fingerprint density at radius 3 is 2.38 bits per heavy atom. The molecule has 1 fully saturated rings. The molecular formula is C14H19ClO. The van der Waals surface area contributed by atoms with Gasteiger partial charge in [0.2, 0.25) is 0 Å². The summed E-state index contributed by atoms with van der Waals surface area (Å²) >= 11 is 6.01. The summed E-state index contributed by atoms with van der Waals surface area (Å²) in [5.74, 6) is 1.51. The molecule has 0 saturated heterocycles. The Kier molecular flexibility index (Phi) is 3.75. The highest BCUT2D eigenvalue weighted by atomic mass is 35.5. The summed E-state index contributed by atoms with van der Waals surface area (Å²) < 4.78 is 5.72. The zero-order valence-electron chi connectivity index (χ0n) is 9.95. The molecule has 1 aliphatic carbocycles. The highest BCUT2D eigenvalue weighted by molar-refractivity contribution is 6.20. The molecule has 0 spiro atoms. The molecule has 0 radical (unpaired) electrons. The minimum atomic E-state index is 0.234. The van der Waals surface area contributed by atoms with Crippen molar-refractivity contribution in [3.05, 3.63) is 29.8 Å². The third-order valence-corrected chi connectivity index (χ3v) is 3.13. The third kappa shape index (κ3) is 3.41. The lowest BCUT2D eigenvalue weighted by molar-refractivity contribution is 0.303. The van der Waals surface area contributed by atoms with E-state index in [0.29, 0.717) is 12.0 Å². The largest absolute Gasteiger partial charge is 0.490 e. The second-order valence-electron chi connectivity index (χ2n) is 4.80. The van der Waals surface area contributed by atoms with E-state index >= 15 is 0 Å². The maximum Gasteiger partial charge on any atom is 0.119 e. The van der Waals surface area contributed by atoms with Crippen molar-refractivity contribution in [1.29, 1.82) is 0 Å². The molecule has 2 rings (SSSR count). The van der Waals surface area contributed by atoms with Gasteiger partial charge in [-0.25, -0.2) is 0 Å². The normalized spacial score (nSPS) is 19.2. The SMILES string of the molecule is CC(Cl)CC(C)c1ccc(OC2CC2)cc1. The fraction of sp³-hybridized carbons (Fsp3) is 0.571. The molecule has 0 N–H and O–H groups in total. The lowest BCUT2D eigenvalue weighted by Crippen LogP contribution is -2.01. The van der Waals surface area contributed by atoms with Crippen LogP contribution in [0.2, 0.25) is 0 Å². The molecule has 0 bridgehead atoms. The van der Waals surface area contributed by atoms with E-state index in [9.17, 15) is 0 Å². The molecule has 0 aliphatic heterocycles. The van der Waals surface area contributed by atoms with Gasteiger partial charge in [0.15, 0.2) is 0 Å². The Morgan fingerprint density at radius 2 is 1.88 bits per heavy atom. The van der Waals surface area contributed by atoms with Crippen molar-refractivity contribution >= 4 is 11.6 Å². The van der Waals surface area contributed by atoms with Gasteiger partial charge in [-0.3, -0.25) is 0 Å². The predicted molar refractivity (Wildman–Crippen MR) is 68.4 cm³/mol. The summed E-state index contributed by atoms with van der Waals surface area (Å²) in [6, 6.07) is 8.45. The number of ether oxygens (including phenoxy) is 1. The van der Waals surface area contributed by atoms with E-state index < -0.39 is 0 Å². The Bertz CT molecular complexity index is 327. The maximum absolute atomic E-state index is 6.01. The number of halogens is 1. The van der Waals surface area contributed by atoms with Crippen molar-refractivity contribution in [3.8, 4) is 5.75 Å². The van der Waals surface area contributed by atoms with Crippen LogP contribution in [0.15, 0.2) is 24.3 Å². The van der Waals surface area contributed by atoms with E-state index in [2.05, 4.69) is 31.2 Å². The first kappa shape index (κ1) is 11.8. The van der Waals surface area contributed by atoms with Gasteiger partial charge in [-0.2, -0.15) is 0 Å². The van der Waals surface area contributed by atoms with Crippen LogP contribution in [0.25, 0.3) is 0 Å². The van der Waals surface area contributed by atoms with E-state index in [4.69, 9.17) is 16.3 Å². The minimum Gasteiger partial charge on any atom is -0.490 e. The second-order valence-corrected chi connectivity index (χ2v) is 5.55. The molecule has 1 aromatic carbocycles. The van der Waals surface area contributed by atoms with Gasteiger partial charge < -0.3 is 4.74 Å². The van der Waals surface area contributed by atoms with E-state index in [0.717, 1.165) is 12.2 Å². The van der Waals surface area contributed by atoms with Gasteiger partial charge in [0.05, 0.1) is 6.10 Å². The van der Waals surface area contributed by atoms with Gasteiger partial charge in [-0.1, -0.05) is 19.1 Å². The molecule has 1 nitrogen and oxygen atoms in total. The predicted octanol–water partition coefficient (Wildman–Crippen LogP) is 4.35. The Hall–Kier alpha value is -0.690. The van der Waals surface area contributed by atoms with E-state index in [1.807, 2.05) is 6.92 Å². The summed E-state index contributed by atoms with van der Waals surface area (Å²) in [6.45, 7) is 4.26. The minimum absolute atomic E-state index is 0.234. The Labute approximate surface area is 103 Å². The molecule has 2 unspecified atom stereocenters. The Balaban J connectivity index is 1.94. The van der Waals surface area contributed by atoms with Crippen molar-refractivity contribution in [2.75, 3.05) is 0 Å². The lowest BCUT2D eigenvalue weighted by atomic mass is 9.96. The van der Waals surface area contributed by atoms with Crippen molar-refractivity contribution in [1.82, 2.24) is 0 Å². The zero-order chi connectivity index (χ0) is 11.5. The fourth-order valence-corrected chi connectivity index (χ4v) is 2.14. The summed E-state index contributed by atoms with van der Waals surface area (Å²) in [7, 11) is 0. The van der Waals surface area contributed by atoms with Gasteiger partial charge in [-0.05, 0) is 49.8 Å². The fourth-order valence-electron chi connectivity index (χ4n) is 1.88. The molecule has 0 aromatic heterocycles. The number of hydrogen-bond acceptors (Lipinski definition) is 1. The third-order valence-electron chi connectivity index (χ3n) is 2.95. The highest BCUT2D eigenvalue weighted by Crippen LogP contribution is 2.29. The van der Waals surface area contributed by atoms with Crippen LogP contribution < -0.4 is 4.74 Å². The number of benzene rings is 1. The smallest absolute Gasteiger partial charge is 0.119 e. The molecule has 0 heterocycles. The molecule has 2 heteroatoms. The lowest BCUT2D eigenvalue weighted by Gasteiger charge is -2.14. The first-order chi connectivity index (χ1) is 7.65. The van der Waals surface area contributed by atoms with Gasteiger partial charge in [-0.15, -0.1) is 11.6 Å². The van der Waals surface area contributed by atoms with Crippen molar-refractivity contribution in [2.45, 2.75) is 50.5 Å². The van der Waals surface area contributed by atoms with E-state index in [1.165, 1.54) is 18.4 Å². The Morgan fingerprint density at radius 1 is 1.25 bits per heavy atom. The molecule has 1 aliphatic rings. The molecule has 16 heavy (non-hydrogen) atoms. The second kappa shape index (κ2) is 5.09. The zero-order valence-corrected chi connectivity index (χ0v) is 10.7. The quantitative estimate of drug-likeness (QED) is 0.693. The van der Waals surface area contributed by atoms with Crippen LogP contribution in [-0.2, 0) is 0 Å². The van der Waals surface area contributed by atoms with Crippen LogP contribution in [0.4, 0.5) is 0 Å². The molecular weight excluding hydrogens is 220 g/mol. The highest BCUT2D eigenvalue weighted by Gasteiger charge is 2.23. The summed E-state index contributed by atoms with van der Waals surface area (Å²) in [4.78, 5) is 0. The molecule has 2 atom stereocenters. The molecule has 1 saturated carbocycles. The first-order valence-electron chi connectivity index (χ1n) is 6.06. The summed E-state index contributed by atoms with van der Waals surface area (Å²) in [5, 5.41) is 0.234. The van der Waals surface area contributed by atoms with Gasteiger partial charge in [0, 0.05) is 5.38 Å². The van der Waals surface area contributed by atoms with Crippen LogP contribution in [0.3, 0.4) is 0 Å². The molecule has 1 aromatic rings. The molecule has 88 valence electrons. The van der Waals surface area contributed by atoms with Gasteiger partial charge >= 0.3 is 0 Å². The van der Waals surface area contributed by atoms with Crippen molar-refractivity contribution < 1.29 is 4.74 Å². The monoisotopic (exact) mass is 238 g/mol. The van der Waals surface area contributed by atoms with Crippen LogP contribution in [-0.4, -0.2) is 11.5 Å². The standard InChI is InChI=1S/C14H19ClO/c1-10(9-11(2)15)12-3-5-13(6-4-12)16-14-7-8-14/h3-6,10-11,14H,7-9H2,1-2H3. The van der Waals surface area contributed by atoms with Crippen molar-refractivity contribution in [3.63, 3.8) is 0 Å².